The number of hydrogen-bond acceptors (Lipinski definition) is 5. The van der Waals surface area contributed by atoms with E-state index in [0.717, 1.165) is 11.6 Å². The highest BCUT2D eigenvalue weighted by molar-refractivity contribution is 5.77. The zero-order chi connectivity index (χ0) is 23.4. The van der Waals surface area contributed by atoms with Gasteiger partial charge in [0.15, 0.2) is 5.58 Å². The second-order valence-electron chi connectivity index (χ2n) is 7.39. The summed E-state index contributed by atoms with van der Waals surface area (Å²) in [5.74, 6) is -0.879. The number of carbonyl (C=O) groups is 1. The van der Waals surface area contributed by atoms with Crippen LogP contribution in [0, 0.1) is 0 Å². The molecule has 0 spiro atoms. The summed E-state index contributed by atoms with van der Waals surface area (Å²) in [6.07, 6.45) is -4.52. The third-order valence-corrected chi connectivity index (χ3v) is 4.96. The number of anilines is 2. The second kappa shape index (κ2) is 9.33. The van der Waals surface area contributed by atoms with Crippen molar-refractivity contribution in [3.05, 3.63) is 77.9 Å². The SMILES string of the molecule is O=C(O)CCNCc1ccc2oc(Nc3ccc(-c4ccccc4)c(C(F)(F)F)c3)nc2c1. The molecule has 1 heterocycles. The van der Waals surface area contributed by atoms with Gasteiger partial charge in [0, 0.05) is 18.8 Å². The van der Waals surface area contributed by atoms with E-state index in [1.807, 2.05) is 6.07 Å². The van der Waals surface area contributed by atoms with Gasteiger partial charge in [0.2, 0.25) is 0 Å². The standard InChI is InChI=1S/C24H20F3N3O3/c25-24(26,27)19-13-17(7-8-18(19)16-4-2-1-3-5-16)29-23-30-20-12-15(6-9-21(20)33-23)14-28-11-10-22(31)32/h1-9,12-13,28H,10-11,14H2,(H,29,30)(H,31,32). The molecule has 3 N–H and O–H groups in total. The number of rotatable bonds is 8. The Morgan fingerprint density at radius 3 is 2.55 bits per heavy atom. The molecule has 3 aromatic carbocycles. The van der Waals surface area contributed by atoms with Crippen LogP contribution in [0.4, 0.5) is 24.9 Å². The molecule has 33 heavy (non-hydrogen) atoms. The number of halogens is 3. The molecule has 0 radical (unpaired) electrons. The first-order chi connectivity index (χ1) is 15.8. The number of fused-ring (bicyclic) bond motifs is 1. The van der Waals surface area contributed by atoms with Crippen molar-refractivity contribution in [2.75, 3.05) is 11.9 Å². The van der Waals surface area contributed by atoms with Gasteiger partial charge in [0.05, 0.1) is 12.0 Å². The summed E-state index contributed by atoms with van der Waals surface area (Å²) in [5, 5.41) is 14.5. The van der Waals surface area contributed by atoms with Crippen LogP contribution in [0.3, 0.4) is 0 Å². The van der Waals surface area contributed by atoms with Gasteiger partial charge >= 0.3 is 12.1 Å². The number of oxazole rings is 1. The molecule has 0 atom stereocenters. The Hall–Kier alpha value is -3.85. The molecule has 0 unspecified atom stereocenters. The number of nitrogens with one attached hydrogen (secondary N) is 2. The van der Waals surface area contributed by atoms with E-state index in [-0.39, 0.29) is 23.7 Å². The van der Waals surface area contributed by atoms with E-state index in [4.69, 9.17) is 9.52 Å². The molecule has 0 aliphatic rings. The second-order valence-corrected chi connectivity index (χ2v) is 7.39. The molecule has 6 nitrogen and oxygen atoms in total. The molecule has 0 aliphatic heterocycles. The van der Waals surface area contributed by atoms with Crippen LogP contribution in [-0.4, -0.2) is 22.6 Å². The predicted molar refractivity (Wildman–Crippen MR) is 118 cm³/mol. The topological polar surface area (TPSA) is 87.4 Å². The van der Waals surface area contributed by atoms with Crippen molar-refractivity contribution in [1.82, 2.24) is 10.3 Å². The van der Waals surface area contributed by atoms with Crippen molar-refractivity contribution in [2.24, 2.45) is 0 Å². The first-order valence-electron chi connectivity index (χ1n) is 10.2. The maximum Gasteiger partial charge on any atom is 0.417 e. The van der Waals surface area contributed by atoms with Gasteiger partial charge in [-0.3, -0.25) is 4.79 Å². The number of hydrogen-bond donors (Lipinski definition) is 3. The number of nitrogens with zero attached hydrogens (tertiary/aromatic N) is 1. The van der Waals surface area contributed by atoms with Gasteiger partial charge in [-0.1, -0.05) is 42.5 Å². The summed E-state index contributed by atoms with van der Waals surface area (Å²) in [5.41, 5.74) is 1.89. The number of carboxylic acids is 1. The molecule has 0 saturated carbocycles. The molecule has 4 aromatic rings. The molecule has 9 heteroatoms. The number of carboxylic acid groups (broad SMARTS) is 1. The lowest BCUT2D eigenvalue weighted by atomic mass is 9.98. The van der Waals surface area contributed by atoms with Gasteiger partial charge < -0.3 is 20.2 Å². The zero-order valence-corrected chi connectivity index (χ0v) is 17.3. The number of benzene rings is 3. The van der Waals surface area contributed by atoms with Gasteiger partial charge in [-0.2, -0.15) is 18.2 Å². The van der Waals surface area contributed by atoms with Crippen LogP contribution < -0.4 is 10.6 Å². The zero-order valence-electron chi connectivity index (χ0n) is 17.3. The van der Waals surface area contributed by atoms with E-state index in [1.54, 1.807) is 48.5 Å². The summed E-state index contributed by atoms with van der Waals surface area (Å²) in [6, 6.07) is 17.8. The van der Waals surface area contributed by atoms with Crippen LogP contribution in [-0.2, 0) is 17.5 Å². The molecule has 4 rings (SSSR count). The minimum Gasteiger partial charge on any atom is -0.481 e. The summed E-state index contributed by atoms with van der Waals surface area (Å²) in [7, 11) is 0. The molecule has 0 aliphatic carbocycles. The molecule has 0 bridgehead atoms. The Morgan fingerprint density at radius 2 is 1.82 bits per heavy atom. The van der Waals surface area contributed by atoms with E-state index in [1.165, 1.54) is 6.07 Å². The van der Waals surface area contributed by atoms with E-state index >= 15 is 0 Å². The molecular formula is C24H20F3N3O3. The van der Waals surface area contributed by atoms with Crippen molar-refractivity contribution < 1.29 is 27.5 Å². The van der Waals surface area contributed by atoms with Gasteiger partial charge in [-0.05, 0) is 41.0 Å². The van der Waals surface area contributed by atoms with Crippen LogP contribution in [0.1, 0.15) is 17.5 Å². The quantitative estimate of drug-likeness (QED) is 0.290. The summed E-state index contributed by atoms with van der Waals surface area (Å²) in [6.45, 7) is 0.786. The van der Waals surface area contributed by atoms with Crippen LogP contribution in [0.15, 0.2) is 71.1 Å². The van der Waals surface area contributed by atoms with E-state index < -0.39 is 17.7 Å². The summed E-state index contributed by atoms with van der Waals surface area (Å²) in [4.78, 5) is 14.9. The Kier molecular flexibility index (Phi) is 6.32. The molecule has 170 valence electrons. The first kappa shape index (κ1) is 22.3. The third-order valence-electron chi connectivity index (χ3n) is 4.96. The Balaban J connectivity index is 1.54. The predicted octanol–water partition coefficient (Wildman–Crippen LogP) is 5.82. The van der Waals surface area contributed by atoms with Crippen molar-refractivity contribution >= 4 is 28.8 Å². The fourth-order valence-electron chi connectivity index (χ4n) is 3.41. The Bertz CT molecular complexity index is 1270. The molecule has 0 amide bonds. The molecule has 1 aromatic heterocycles. The lowest BCUT2D eigenvalue weighted by Gasteiger charge is -2.15. The fraction of sp³-hybridized carbons (Fsp3) is 0.167. The van der Waals surface area contributed by atoms with Gasteiger partial charge in [0.1, 0.15) is 5.52 Å². The maximum atomic E-state index is 13.7. The van der Waals surface area contributed by atoms with Gasteiger partial charge in [0.25, 0.3) is 6.01 Å². The summed E-state index contributed by atoms with van der Waals surface area (Å²) < 4.78 is 46.8. The number of aromatic nitrogens is 1. The lowest BCUT2D eigenvalue weighted by molar-refractivity contribution is -0.137. The molecule has 0 saturated heterocycles. The first-order valence-corrected chi connectivity index (χ1v) is 10.2. The monoisotopic (exact) mass is 455 g/mol. The highest BCUT2D eigenvalue weighted by atomic mass is 19.4. The average molecular weight is 455 g/mol. The lowest BCUT2D eigenvalue weighted by Crippen LogP contribution is -2.17. The smallest absolute Gasteiger partial charge is 0.417 e. The third kappa shape index (κ3) is 5.50. The molecule has 0 fully saturated rings. The number of aliphatic carboxylic acids is 1. The van der Waals surface area contributed by atoms with Crippen LogP contribution in [0.25, 0.3) is 22.2 Å². The van der Waals surface area contributed by atoms with Crippen LogP contribution >= 0.6 is 0 Å². The maximum absolute atomic E-state index is 13.7. The normalized spacial score (nSPS) is 11.6. The van der Waals surface area contributed by atoms with Crippen LogP contribution in [0.2, 0.25) is 0 Å². The number of alkyl halides is 3. The highest BCUT2D eigenvalue weighted by Gasteiger charge is 2.34. The largest absolute Gasteiger partial charge is 0.481 e. The minimum atomic E-state index is -4.54. The highest BCUT2D eigenvalue weighted by Crippen LogP contribution is 2.39. The summed E-state index contributed by atoms with van der Waals surface area (Å²) >= 11 is 0. The van der Waals surface area contributed by atoms with Gasteiger partial charge in [-0.15, -0.1) is 0 Å². The molecular weight excluding hydrogens is 435 g/mol. The van der Waals surface area contributed by atoms with Crippen molar-refractivity contribution in [1.29, 1.82) is 0 Å². The van der Waals surface area contributed by atoms with Gasteiger partial charge in [-0.25, -0.2) is 0 Å². The van der Waals surface area contributed by atoms with E-state index in [2.05, 4.69) is 15.6 Å². The van der Waals surface area contributed by atoms with E-state index in [0.29, 0.717) is 29.8 Å². The Labute approximate surface area is 187 Å². The van der Waals surface area contributed by atoms with Crippen LogP contribution in [0.5, 0.6) is 0 Å². The van der Waals surface area contributed by atoms with Crippen molar-refractivity contribution in [2.45, 2.75) is 19.1 Å². The van der Waals surface area contributed by atoms with Crippen molar-refractivity contribution in [3.63, 3.8) is 0 Å². The minimum absolute atomic E-state index is 0.0171. The van der Waals surface area contributed by atoms with E-state index in [9.17, 15) is 18.0 Å². The van der Waals surface area contributed by atoms with Crippen molar-refractivity contribution in [3.8, 4) is 11.1 Å². The Morgan fingerprint density at radius 1 is 1.03 bits per heavy atom. The average Bonchev–Trinajstić information content (AvgIpc) is 3.18. The fourth-order valence-corrected chi connectivity index (χ4v) is 3.41.